The maximum absolute atomic E-state index is 13.3. The van der Waals surface area contributed by atoms with Gasteiger partial charge in [-0.05, 0) is 55.0 Å². The summed E-state index contributed by atoms with van der Waals surface area (Å²) in [6, 6.07) is 9.12. The van der Waals surface area contributed by atoms with Crippen molar-refractivity contribution in [1.82, 2.24) is 10.3 Å². The smallest absolute Gasteiger partial charge is 0.267 e. The first kappa shape index (κ1) is 23.0. The van der Waals surface area contributed by atoms with Gasteiger partial charge in [0.05, 0.1) is 12.7 Å². The van der Waals surface area contributed by atoms with Crippen LogP contribution in [0, 0.1) is 5.92 Å². The molecule has 2 aromatic rings. The van der Waals surface area contributed by atoms with Crippen LogP contribution in [0.5, 0.6) is 0 Å². The van der Waals surface area contributed by atoms with Crippen LogP contribution in [0.1, 0.15) is 46.2 Å². The second-order valence-corrected chi connectivity index (χ2v) is 8.43. The van der Waals surface area contributed by atoms with E-state index in [2.05, 4.69) is 32.8 Å². The van der Waals surface area contributed by atoms with Crippen molar-refractivity contribution >= 4 is 33.2 Å². The van der Waals surface area contributed by atoms with Crippen LogP contribution in [0.3, 0.4) is 0 Å². The Bertz CT molecular complexity index is 985. The third kappa shape index (κ3) is 5.74. The first-order valence-corrected chi connectivity index (χ1v) is 11.0. The molecule has 2 heterocycles. The van der Waals surface area contributed by atoms with Gasteiger partial charge < -0.3 is 19.8 Å². The molecule has 1 aliphatic heterocycles. The summed E-state index contributed by atoms with van der Waals surface area (Å²) in [4.78, 5) is 28.7. The Morgan fingerprint density at radius 2 is 1.90 bits per heavy atom. The summed E-state index contributed by atoms with van der Waals surface area (Å²) in [5.74, 6) is 0.393. The average Bonchev–Trinajstić information content (AvgIpc) is 3.29. The van der Waals surface area contributed by atoms with Crippen molar-refractivity contribution in [1.29, 1.82) is 0 Å². The minimum absolute atomic E-state index is 0.230. The molecule has 1 aliphatic rings. The zero-order valence-corrected chi connectivity index (χ0v) is 19.4. The topological polar surface area (TPSA) is 80.4 Å². The lowest BCUT2D eigenvalue weighted by Gasteiger charge is -2.21. The van der Waals surface area contributed by atoms with Crippen molar-refractivity contribution in [2.24, 2.45) is 5.92 Å². The van der Waals surface area contributed by atoms with E-state index in [0.29, 0.717) is 40.6 Å². The van der Waals surface area contributed by atoms with E-state index >= 15 is 0 Å². The number of methoxy groups -OCH3 is 1. The van der Waals surface area contributed by atoms with Gasteiger partial charge in [0.15, 0.2) is 5.78 Å². The molecule has 2 N–H and O–H groups in total. The number of carbonyl (C=O) groups excluding carboxylic acids is 2. The third-order valence-electron chi connectivity index (χ3n) is 5.46. The zero-order chi connectivity index (χ0) is 22.4. The number of H-pyrrole nitrogens is 1. The predicted octanol–water partition coefficient (Wildman–Crippen LogP) is 4.75. The third-order valence-corrected chi connectivity index (χ3v) is 5.99. The maximum Gasteiger partial charge on any atom is 0.267 e. The molecule has 7 heteroatoms. The predicted molar refractivity (Wildman–Crippen MR) is 124 cm³/mol. The number of amides is 1. The van der Waals surface area contributed by atoms with E-state index in [1.165, 1.54) is 7.11 Å². The molecule has 1 fully saturated rings. The highest BCUT2D eigenvalue weighted by Crippen LogP contribution is 2.29. The molecule has 1 amide bonds. The van der Waals surface area contributed by atoms with Crippen LogP contribution in [-0.2, 0) is 9.47 Å². The Morgan fingerprint density at radius 1 is 1.23 bits per heavy atom. The van der Waals surface area contributed by atoms with Gasteiger partial charge in [-0.2, -0.15) is 0 Å². The van der Waals surface area contributed by atoms with Gasteiger partial charge in [-0.15, -0.1) is 0 Å². The van der Waals surface area contributed by atoms with E-state index in [-0.39, 0.29) is 11.7 Å². The number of halogens is 1. The van der Waals surface area contributed by atoms with Crippen molar-refractivity contribution in [3.05, 3.63) is 75.7 Å². The van der Waals surface area contributed by atoms with Crippen LogP contribution in [0.25, 0.3) is 5.57 Å². The fourth-order valence-corrected chi connectivity index (χ4v) is 3.75. The van der Waals surface area contributed by atoms with Crippen LogP contribution < -0.4 is 5.32 Å². The van der Waals surface area contributed by atoms with E-state index in [1.807, 2.05) is 24.3 Å². The van der Waals surface area contributed by atoms with Gasteiger partial charge in [-0.3, -0.25) is 9.59 Å². The summed E-state index contributed by atoms with van der Waals surface area (Å²) in [6.45, 7) is 7.91. The Balaban J connectivity index is 1.75. The highest BCUT2D eigenvalue weighted by molar-refractivity contribution is 9.10. The minimum Gasteiger partial charge on any atom is -0.501 e. The molecule has 0 spiro atoms. The van der Waals surface area contributed by atoms with E-state index in [0.717, 1.165) is 36.1 Å². The van der Waals surface area contributed by atoms with E-state index in [4.69, 9.17) is 9.47 Å². The number of nitrogens with one attached hydrogen (secondary N) is 2. The second kappa shape index (κ2) is 10.6. The van der Waals surface area contributed by atoms with Crippen LogP contribution >= 0.6 is 15.9 Å². The molecule has 3 rings (SSSR count). The molecule has 0 unspecified atom stereocenters. The standard InChI is InChI=1S/C24H27BrN2O4/c1-15(18-4-6-20(25)7-5-18)22(16(2)30-3)23(28)19-12-21(26-14-19)24(29)27-13-17-8-10-31-11-9-17/h4-7,12,14,17,26H,1,8-11,13H2,2-3H3,(H,27,29)/b22-16+. The molecule has 0 radical (unpaired) electrons. The zero-order valence-electron chi connectivity index (χ0n) is 17.8. The number of allylic oxidation sites excluding steroid dienone is 3. The first-order valence-electron chi connectivity index (χ1n) is 10.2. The fraction of sp³-hybridized carbons (Fsp3) is 0.333. The molecule has 1 aromatic carbocycles. The summed E-state index contributed by atoms with van der Waals surface area (Å²) in [5.41, 5.74) is 2.47. The number of hydrogen-bond acceptors (Lipinski definition) is 4. The van der Waals surface area contributed by atoms with Gasteiger partial charge in [-0.25, -0.2) is 0 Å². The molecule has 1 aromatic heterocycles. The number of benzene rings is 1. The molecular formula is C24H27BrN2O4. The quantitative estimate of drug-likeness (QED) is 0.244. The van der Waals surface area contributed by atoms with Crippen molar-refractivity contribution in [3.8, 4) is 0 Å². The summed E-state index contributed by atoms with van der Waals surface area (Å²) < 4.78 is 11.7. The van der Waals surface area contributed by atoms with Gasteiger partial charge >= 0.3 is 0 Å². The van der Waals surface area contributed by atoms with Crippen LogP contribution in [-0.4, -0.2) is 43.5 Å². The number of aromatic amines is 1. The molecule has 0 bridgehead atoms. The highest BCUT2D eigenvalue weighted by atomic mass is 79.9. The summed E-state index contributed by atoms with van der Waals surface area (Å²) in [5, 5.41) is 2.94. The normalized spacial score (nSPS) is 15.2. The van der Waals surface area contributed by atoms with Crippen molar-refractivity contribution < 1.29 is 19.1 Å². The SMILES string of the molecule is C=C(/C(C(=O)c1c[nH]c(C(=O)NCC2CCOCC2)c1)=C(/C)OC)c1ccc(Br)cc1. The first-order chi connectivity index (χ1) is 14.9. The second-order valence-electron chi connectivity index (χ2n) is 7.52. The molecule has 0 atom stereocenters. The number of hydrogen-bond donors (Lipinski definition) is 2. The highest BCUT2D eigenvalue weighted by Gasteiger charge is 2.23. The lowest BCUT2D eigenvalue weighted by molar-refractivity contribution is 0.0642. The van der Waals surface area contributed by atoms with E-state index < -0.39 is 0 Å². The lowest BCUT2D eigenvalue weighted by atomic mass is 9.93. The van der Waals surface area contributed by atoms with Crippen molar-refractivity contribution in [2.75, 3.05) is 26.9 Å². The van der Waals surface area contributed by atoms with Gasteiger partial charge in [0, 0.05) is 36.0 Å². The number of rotatable bonds is 8. The molecule has 164 valence electrons. The van der Waals surface area contributed by atoms with Gasteiger partial charge in [-0.1, -0.05) is 34.6 Å². The number of Topliss-reactive ketones (excluding diaryl/α,β-unsaturated/α-hetero) is 1. The molecular weight excluding hydrogens is 460 g/mol. The van der Waals surface area contributed by atoms with Gasteiger partial charge in [0.25, 0.3) is 5.91 Å². The van der Waals surface area contributed by atoms with E-state index in [9.17, 15) is 9.59 Å². The number of ether oxygens (including phenoxy) is 2. The lowest BCUT2D eigenvalue weighted by Crippen LogP contribution is -2.32. The number of carbonyl (C=O) groups is 2. The van der Waals surface area contributed by atoms with Crippen molar-refractivity contribution in [2.45, 2.75) is 19.8 Å². The Labute approximate surface area is 190 Å². The average molecular weight is 487 g/mol. The molecule has 6 nitrogen and oxygen atoms in total. The van der Waals surface area contributed by atoms with Crippen LogP contribution in [0.4, 0.5) is 0 Å². The summed E-state index contributed by atoms with van der Waals surface area (Å²) in [6.07, 6.45) is 3.43. The molecule has 31 heavy (non-hydrogen) atoms. The largest absolute Gasteiger partial charge is 0.501 e. The van der Waals surface area contributed by atoms with Crippen molar-refractivity contribution in [3.63, 3.8) is 0 Å². The maximum atomic E-state index is 13.3. The number of ketones is 1. The van der Waals surface area contributed by atoms with Gasteiger partial charge in [0.1, 0.15) is 11.5 Å². The Hall–Kier alpha value is -2.64. The van der Waals surface area contributed by atoms with Gasteiger partial charge in [0.2, 0.25) is 0 Å². The summed E-state index contributed by atoms with van der Waals surface area (Å²) >= 11 is 3.41. The molecule has 1 saturated heterocycles. The Morgan fingerprint density at radius 3 is 2.55 bits per heavy atom. The molecule has 0 aliphatic carbocycles. The Kier molecular flexibility index (Phi) is 7.87. The van der Waals surface area contributed by atoms with Crippen LogP contribution in [0.2, 0.25) is 0 Å². The van der Waals surface area contributed by atoms with E-state index in [1.54, 1.807) is 19.2 Å². The molecule has 0 saturated carbocycles. The fourth-order valence-electron chi connectivity index (χ4n) is 3.49. The minimum atomic E-state index is -0.257. The summed E-state index contributed by atoms with van der Waals surface area (Å²) in [7, 11) is 1.52. The number of aromatic nitrogens is 1. The monoisotopic (exact) mass is 486 g/mol. The van der Waals surface area contributed by atoms with Crippen LogP contribution in [0.15, 0.2) is 58.9 Å².